The van der Waals surface area contributed by atoms with Crippen molar-refractivity contribution in [3.63, 3.8) is 0 Å². The maximum absolute atomic E-state index is 13.3. The second kappa shape index (κ2) is 12.1. The largest absolute Gasteiger partial charge is 0.449 e. The first kappa shape index (κ1) is 31.8. The minimum Gasteiger partial charge on any atom is -0.449 e. The number of likely N-dealkylation sites (tertiary alicyclic amines) is 1. The van der Waals surface area contributed by atoms with Crippen LogP contribution >= 0.6 is 11.3 Å². The molecule has 3 N–H and O–H groups in total. The van der Waals surface area contributed by atoms with Crippen molar-refractivity contribution in [3.05, 3.63) is 42.0 Å². The van der Waals surface area contributed by atoms with Gasteiger partial charge >= 0.3 is 6.09 Å². The average molecular weight is 644 g/mol. The number of furan rings is 1. The van der Waals surface area contributed by atoms with Gasteiger partial charge in [-0.2, -0.15) is 4.31 Å². The van der Waals surface area contributed by atoms with Crippen molar-refractivity contribution in [1.29, 1.82) is 0 Å². The zero-order valence-corrected chi connectivity index (χ0v) is 27.9. The number of rotatable bonds is 8. The number of thiophene rings is 1. The van der Waals surface area contributed by atoms with Gasteiger partial charge in [0.05, 0.1) is 22.6 Å². The summed E-state index contributed by atoms with van der Waals surface area (Å²) >= 11 is 1.17. The molecule has 1 aliphatic rings. The van der Waals surface area contributed by atoms with Gasteiger partial charge in [-0.05, 0) is 51.7 Å². The Morgan fingerprint density at radius 3 is 2.64 bits per heavy atom. The summed E-state index contributed by atoms with van der Waals surface area (Å²) in [4.78, 5) is 24.5. The molecular weight excluding hydrogens is 603 g/mol. The van der Waals surface area contributed by atoms with E-state index in [0.717, 1.165) is 23.4 Å². The Morgan fingerprint density at radius 1 is 1.27 bits per heavy atom. The topological polar surface area (TPSA) is 148 Å². The molecular formula is C30H41N7O5S2. The summed E-state index contributed by atoms with van der Waals surface area (Å²) < 4.78 is 41.4. The van der Waals surface area contributed by atoms with E-state index in [9.17, 15) is 13.2 Å². The Morgan fingerprint density at radius 2 is 2.00 bits per heavy atom. The summed E-state index contributed by atoms with van der Waals surface area (Å²) in [6.07, 6.45) is 5.69. The van der Waals surface area contributed by atoms with Crippen LogP contribution in [-0.4, -0.2) is 69.9 Å². The molecule has 0 bridgehead atoms. The standard InChI is InChI=1S/C30H41N7O5S2/c1-8-36(9-2)44(39,40)28-19(4)12-25(43-28)34-26-27-32-14-23(20-13-24(31)41-17-20)37(27)16-22(33-26)21-15-35(11-10-18(21)3)29(38)42-30(5,6)7/h12-14,16-18,21H,8-11,15,31H2,1-7H3,(H,33,34). The molecule has 0 aliphatic carbocycles. The van der Waals surface area contributed by atoms with Gasteiger partial charge in [-0.15, -0.1) is 11.3 Å². The van der Waals surface area contributed by atoms with E-state index in [1.54, 1.807) is 30.4 Å². The number of hydrogen-bond donors (Lipinski definition) is 2. The Kier molecular flexibility index (Phi) is 8.71. The molecule has 1 saturated heterocycles. The number of aryl methyl sites for hydroxylation is 1. The van der Waals surface area contributed by atoms with Crippen molar-refractivity contribution >= 4 is 49.8 Å². The number of ether oxygens (including phenoxy) is 1. The summed E-state index contributed by atoms with van der Waals surface area (Å²) in [5.41, 5.74) is 8.77. The van der Waals surface area contributed by atoms with Gasteiger partial charge in [0.2, 0.25) is 0 Å². The van der Waals surface area contributed by atoms with Crippen LogP contribution in [0.1, 0.15) is 65.1 Å². The highest BCUT2D eigenvalue weighted by Gasteiger charge is 2.34. The molecule has 0 spiro atoms. The molecule has 0 aromatic carbocycles. The fourth-order valence-electron chi connectivity index (χ4n) is 5.50. The predicted molar refractivity (Wildman–Crippen MR) is 172 cm³/mol. The van der Waals surface area contributed by atoms with Gasteiger partial charge in [-0.1, -0.05) is 20.8 Å². The molecule has 4 aromatic rings. The first-order chi connectivity index (χ1) is 20.7. The number of aromatic nitrogens is 3. The van der Waals surface area contributed by atoms with E-state index >= 15 is 0 Å². The summed E-state index contributed by atoms with van der Waals surface area (Å²) in [6, 6.07) is 3.55. The fourth-order valence-corrected chi connectivity index (χ4v) is 8.69. The number of carbonyl (C=O) groups excluding carboxylic acids is 1. The maximum Gasteiger partial charge on any atom is 0.410 e. The van der Waals surface area contributed by atoms with Gasteiger partial charge in [-0.3, -0.25) is 4.40 Å². The van der Waals surface area contributed by atoms with Crippen molar-refractivity contribution in [1.82, 2.24) is 23.6 Å². The van der Waals surface area contributed by atoms with Crippen molar-refractivity contribution < 1.29 is 22.4 Å². The molecule has 4 aromatic heterocycles. The van der Waals surface area contributed by atoms with Crippen LogP contribution in [-0.2, 0) is 14.8 Å². The van der Waals surface area contributed by atoms with Crippen molar-refractivity contribution in [3.8, 4) is 11.3 Å². The van der Waals surface area contributed by atoms with E-state index in [-0.39, 0.29) is 23.8 Å². The quantitative estimate of drug-likeness (QED) is 0.233. The van der Waals surface area contributed by atoms with E-state index in [2.05, 4.69) is 17.2 Å². The van der Waals surface area contributed by atoms with Gasteiger partial charge in [0.1, 0.15) is 16.1 Å². The van der Waals surface area contributed by atoms with Gasteiger partial charge in [0.15, 0.2) is 17.3 Å². The van der Waals surface area contributed by atoms with E-state index in [4.69, 9.17) is 19.9 Å². The van der Waals surface area contributed by atoms with Crippen LogP contribution < -0.4 is 11.1 Å². The van der Waals surface area contributed by atoms with Gasteiger partial charge < -0.3 is 25.1 Å². The molecule has 1 aliphatic heterocycles. The number of hydrogen-bond acceptors (Lipinski definition) is 10. The predicted octanol–water partition coefficient (Wildman–Crippen LogP) is 6.08. The molecule has 5 rings (SSSR count). The van der Waals surface area contributed by atoms with Crippen LogP contribution in [0.3, 0.4) is 0 Å². The fraction of sp³-hybridized carbons (Fsp3) is 0.500. The molecule has 2 unspecified atom stereocenters. The SMILES string of the molecule is CCN(CC)S(=O)(=O)c1sc(Nc2nc(C3CN(C(=O)OC(C)(C)C)CCC3C)cn3c(-c4coc(N)c4)cnc23)cc1C. The van der Waals surface area contributed by atoms with E-state index in [0.29, 0.717) is 52.4 Å². The smallest absolute Gasteiger partial charge is 0.410 e. The summed E-state index contributed by atoms with van der Waals surface area (Å²) in [6.45, 7) is 15.0. The lowest BCUT2D eigenvalue weighted by Gasteiger charge is -2.37. The monoisotopic (exact) mass is 643 g/mol. The van der Waals surface area contributed by atoms with Gasteiger partial charge in [0.25, 0.3) is 10.0 Å². The molecule has 1 fully saturated rings. The third-order valence-corrected chi connectivity index (χ3v) is 11.6. The molecule has 5 heterocycles. The average Bonchev–Trinajstić information content (AvgIpc) is 3.66. The highest BCUT2D eigenvalue weighted by Crippen LogP contribution is 2.38. The number of nitrogens with one attached hydrogen (secondary N) is 1. The Hall–Kier alpha value is -3.62. The van der Waals surface area contributed by atoms with Crippen LogP contribution in [0.5, 0.6) is 0 Å². The molecule has 0 saturated carbocycles. The molecule has 0 radical (unpaired) electrons. The van der Waals surface area contributed by atoms with Crippen LogP contribution in [0, 0.1) is 12.8 Å². The number of piperidine rings is 1. The summed E-state index contributed by atoms with van der Waals surface area (Å²) in [5.74, 6) is 0.903. The number of fused-ring (bicyclic) bond motifs is 1. The molecule has 1 amide bonds. The van der Waals surface area contributed by atoms with Crippen molar-refractivity contribution in [2.24, 2.45) is 5.92 Å². The molecule has 14 heteroatoms. The van der Waals surface area contributed by atoms with E-state index in [1.165, 1.54) is 15.6 Å². The van der Waals surface area contributed by atoms with E-state index in [1.807, 2.05) is 51.3 Å². The van der Waals surface area contributed by atoms with Crippen LogP contribution in [0.15, 0.2) is 39.4 Å². The third kappa shape index (κ3) is 6.28. The first-order valence-corrected chi connectivity index (χ1v) is 17.0. The lowest BCUT2D eigenvalue weighted by molar-refractivity contribution is 0.0162. The molecule has 44 heavy (non-hydrogen) atoms. The lowest BCUT2D eigenvalue weighted by Crippen LogP contribution is -2.44. The molecule has 238 valence electrons. The normalized spacial score (nSPS) is 17.9. The molecule has 2 atom stereocenters. The highest BCUT2D eigenvalue weighted by molar-refractivity contribution is 7.91. The van der Waals surface area contributed by atoms with Gasteiger partial charge in [-0.25, -0.2) is 23.2 Å². The zero-order chi connectivity index (χ0) is 32.0. The number of imidazole rings is 1. The maximum atomic E-state index is 13.3. The van der Waals surface area contributed by atoms with Crippen molar-refractivity contribution in [2.75, 3.05) is 37.2 Å². The van der Waals surface area contributed by atoms with Crippen LogP contribution in [0.2, 0.25) is 0 Å². The second-order valence-electron chi connectivity index (χ2n) is 12.2. The number of nitrogens with two attached hydrogens (primary N) is 1. The number of nitrogens with zero attached hydrogens (tertiary/aromatic N) is 5. The Labute approximate surface area is 262 Å². The van der Waals surface area contributed by atoms with E-state index < -0.39 is 15.6 Å². The second-order valence-corrected chi connectivity index (χ2v) is 15.4. The number of nitrogen functional groups attached to an aromatic ring is 1. The minimum atomic E-state index is -3.64. The number of sulfonamides is 1. The third-order valence-electron chi connectivity index (χ3n) is 7.81. The number of amides is 1. The van der Waals surface area contributed by atoms with Gasteiger partial charge in [0, 0.05) is 49.9 Å². The number of carbonyl (C=O) groups is 1. The van der Waals surface area contributed by atoms with Crippen LogP contribution in [0.4, 0.5) is 21.5 Å². The Balaban J connectivity index is 1.58. The van der Waals surface area contributed by atoms with Crippen molar-refractivity contribution in [2.45, 2.75) is 70.6 Å². The number of anilines is 3. The lowest BCUT2D eigenvalue weighted by atomic mass is 9.85. The molecule has 12 nitrogen and oxygen atoms in total. The summed E-state index contributed by atoms with van der Waals surface area (Å²) in [7, 11) is -3.64. The first-order valence-electron chi connectivity index (χ1n) is 14.8. The Bertz CT molecular complexity index is 1770. The summed E-state index contributed by atoms with van der Waals surface area (Å²) in [5, 5.41) is 4.00. The van der Waals surface area contributed by atoms with Crippen LogP contribution in [0.25, 0.3) is 16.9 Å². The highest BCUT2D eigenvalue weighted by atomic mass is 32.2. The minimum absolute atomic E-state index is 0.0884. The zero-order valence-electron chi connectivity index (χ0n) is 26.2.